The van der Waals surface area contributed by atoms with Gasteiger partial charge in [0.15, 0.2) is 29.0 Å². The van der Waals surface area contributed by atoms with Gasteiger partial charge in [0.1, 0.15) is 0 Å². The molecule has 0 radical (unpaired) electrons. The predicted octanol–water partition coefficient (Wildman–Crippen LogP) is 3.75. The molecule has 0 amide bonds. The van der Waals surface area contributed by atoms with E-state index in [0.717, 1.165) is 24.3 Å². The summed E-state index contributed by atoms with van der Waals surface area (Å²) in [4.78, 5) is 0. The number of halogens is 4. The van der Waals surface area contributed by atoms with Crippen LogP contribution in [0.5, 0.6) is 11.5 Å². The summed E-state index contributed by atoms with van der Waals surface area (Å²) in [6.45, 7) is 0.266. The van der Waals surface area contributed by atoms with Gasteiger partial charge in [0, 0.05) is 6.54 Å². The Morgan fingerprint density at radius 3 is 2.25 bits per heavy atom. The Kier molecular flexibility index (Phi) is 4.24. The molecule has 0 aliphatic heterocycles. The van der Waals surface area contributed by atoms with Crippen molar-refractivity contribution in [2.24, 2.45) is 0 Å². The third-order valence-electron chi connectivity index (χ3n) is 2.57. The van der Waals surface area contributed by atoms with Crippen molar-refractivity contribution in [1.82, 2.24) is 5.32 Å². The summed E-state index contributed by atoms with van der Waals surface area (Å²) < 4.78 is 58.7. The molecule has 0 spiro atoms. The molecule has 2 aromatic carbocycles. The van der Waals surface area contributed by atoms with Crippen LogP contribution in [0.15, 0.2) is 30.3 Å². The first-order valence-electron chi connectivity index (χ1n) is 5.77. The second kappa shape index (κ2) is 5.92. The zero-order chi connectivity index (χ0) is 14.7. The van der Waals surface area contributed by atoms with Crippen LogP contribution in [0.2, 0.25) is 0 Å². The topological polar surface area (TPSA) is 21.3 Å². The third-order valence-corrected chi connectivity index (χ3v) is 2.57. The van der Waals surface area contributed by atoms with E-state index in [0.29, 0.717) is 5.56 Å². The second-order valence-corrected chi connectivity index (χ2v) is 4.07. The van der Waals surface area contributed by atoms with E-state index in [1.807, 2.05) is 0 Å². The van der Waals surface area contributed by atoms with Crippen molar-refractivity contribution in [3.05, 3.63) is 59.2 Å². The number of hydrogen-bond acceptors (Lipinski definition) is 2. The molecule has 0 fully saturated rings. The molecule has 6 heteroatoms. The van der Waals surface area contributed by atoms with Crippen molar-refractivity contribution in [3.8, 4) is 11.5 Å². The minimum atomic E-state index is -1.30. The molecule has 2 nitrogen and oxygen atoms in total. The average Bonchev–Trinajstić information content (AvgIpc) is 2.39. The first-order valence-corrected chi connectivity index (χ1v) is 5.77. The van der Waals surface area contributed by atoms with Crippen molar-refractivity contribution >= 4 is 0 Å². The van der Waals surface area contributed by atoms with Crippen LogP contribution in [-0.2, 0) is 6.54 Å². The molecule has 0 heterocycles. The molecule has 0 aliphatic rings. The summed E-state index contributed by atoms with van der Waals surface area (Å²) in [5.74, 6) is -5.78. The Morgan fingerprint density at radius 1 is 1.00 bits per heavy atom. The molecule has 2 aromatic rings. The highest BCUT2D eigenvalue weighted by molar-refractivity contribution is 5.36. The second-order valence-electron chi connectivity index (χ2n) is 4.07. The van der Waals surface area contributed by atoms with Gasteiger partial charge in [-0.15, -0.1) is 0 Å². The number of ether oxygens (including phenoxy) is 1. The minimum absolute atomic E-state index is 0.266. The summed E-state index contributed by atoms with van der Waals surface area (Å²) >= 11 is 0. The number of hydrogen-bond donors (Lipinski definition) is 1. The minimum Gasteiger partial charge on any atom is -0.448 e. The lowest BCUT2D eigenvalue weighted by Crippen LogP contribution is -2.06. The zero-order valence-electron chi connectivity index (χ0n) is 10.5. The smallest absolute Gasteiger partial charge is 0.201 e. The largest absolute Gasteiger partial charge is 0.448 e. The van der Waals surface area contributed by atoms with Crippen molar-refractivity contribution in [3.63, 3.8) is 0 Å². The van der Waals surface area contributed by atoms with Gasteiger partial charge in [-0.25, -0.2) is 13.2 Å². The van der Waals surface area contributed by atoms with E-state index in [2.05, 4.69) is 5.32 Å². The fraction of sp³-hybridized carbons (Fsp3) is 0.143. The molecule has 0 unspecified atom stereocenters. The van der Waals surface area contributed by atoms with E-state index in [-0.39, 0.29) is 6.54 Å². The van der Waals surface area contributed by atoms with Gasteiger partial charge in [-0.2, -0.15) is 4.39 Å². The number of nitrogens with one attached hydrogen (secondary N) is 1. The van der Waals surface area contributed by atoms with Crippen LogP contribution in [0, 0.1) is 23.3 Å². The summed E-state index contributed by atoms with van der Waals surface area (Å²) in [5.41, 5.74) is 0.370. The van der Waals surface area contributed by atoms with E-state index >= 15 is 0 Å². The first-order chi connectivity index (χ1) is 9.52. The molecule has 0 aromatic heterocycles. The standard InChI is InChI=1S/C14H11F4NO/c1-19-7-8-5-10(16)14(11(17)6-8)20-12-4-2-3-9(15)13(12)18/h2-6,19H,7H2,1H3. The molecular formula is C14H11F4NO. The lowest BCUT2D eigenvalue weighted by Gasteiger charge is -2.10. The van der Waals surface area contributed by atoms with Crippen molar-refractivity contribution in [2.45, 2.75) is 6.54 Å². The van der Waals surface area contributed by atoms with Crippen LogP contribution in [0.25, 0.3) is 0 Å². The van der Waals surface area contributed by atoms with E-state index in [9.17, 15) is 17.6 Å². The Bertz CT molecular complexity index is 608. The number of benzene rings is 2. The first kappa shape index (κ1) is 14.3. The molecule has 0 bridgehead atoms. The summed E-state index contributed by atoms with van der Waals surface area (Å²) in [5, 5.41) is 2.74. The van der Waals surface area contributed by atoms with Gasteiger partial charge in [0.25, 0.3) is 0 Å². The molecule has 20 heavy (non-hydrogen) atoms. The van der Waals surface area contributed by atoms with Gasteiger partial charge in [-0.05, 0) is 36.9 Å². The maximum absolute atomic E-state index is 13.7. The highest BCUT2D eigenvalue weighted by atomic mass is 19.2. The highest BCUT2D eigenvalue weighted by Gasteiger charge is 2.17. The van der Waals surface area contributed by atoms with E-state index in [1.165, 1.54) is 6.07 Å². The molecule has 106 valence electrons. The van der Waals surface area contributed by atoms with Crippen molar-refractivity contribution < 1.29 is 22.3 Å². The Labute approximate surface area is 113 Å². The van der Waals surface area contributed by atoms with Gasteiger partial charge in [0.2, 0.25) is 5.82 Å². The maximum Gasteiger partial charge on any atom is 0.201 e. The van der Waals surface area contributed by atoms with Gasteiger partial charge in [-0.3, -0.25) is 0 Å². The lowest BCUT2D eigenvalue weighted by atomic mass is 10.2. The van der Waals surface area contributed by atoms with Crippen molar-refractivity contribution in [2.75, 3.05) is 7.05 Å². The average molecular weight is 285 g/mol. The normalized spacial score (nSPS) is 10.7. The molecule has 2 rings (SSSR count). The predicted molar refractivity (Wildman–Crippen MR) is 65.6 cm³/mol. The van der Waals surface area contributed by atoms with Crippen LogP contribution in [-0.4, -0.2) is 7.05 Å². The Hall–Kier alpha value is -2.08. The van der Waals surface area contributed by atoms with Crippen LogP contribution in [0.4, 0.5) is 17.6 Å². The van der Waals surface area contributed by atoms with Crippen LogP contribution >= 0.6 is 0 Å². The van der Waals surface area contributed by atoms with Gasteiger partial charge in [-0.1, -0.05) is 6.07 Å². The van der Waals surface area contributed by atoms with Gasteiger partial charge >= 0.3 is 0 Å². The van der Waals surface area contributed by atoms with E-state index < -0.39 is 34.8 Å². The van der Waals surface area contributed by atoms with Gasteiger partial charge in [0.05, 0.1) is 0 Å². The Morgan fingerprint density at radius 2 is 1.65 bits per heavy atom. The van der Waals surface area contributed by atoms with E-state index in [1.54, 1.807) is 7.05 Å². The third kappa shape index (κ3) is 2.91. The summed E-state index contributed by atoms with van der Waals surface area (Å²) in [6, 6.07) is 5.26. The van der Waals surface area contributed by atoms with Crippen LogP contribution in [0.3, 0.4) is 0 Å². The monoisotopic (exact) mass is 285 g/mol. The van der Waals surface area contributed by atoms with E-state index in [4.69, 9.17) is 4.74 Å². The van der Waals surface area contributed by atoms with Crippen molar-refractivity contribution in [1.29, 1.82) is 0 Å². The lowest BCUT2D eigenvalue weighted by molar-refractivity contribution is 0.375. The maximum atomic E-state index is 13.7. The number of rotatable bonds is 4. The highest BCUT2D eigenvalue weighted by Crippen LogP contribution is 2.30. The van der Waals surface area contributed by atoms with Crippen LogP contribution < -0.4 is 10.1 Å². The Balaban J connectivity index is 2.36. The molecular weight excluding hydrogens is 274 g/mol. The zero-order valence-corrected chi connectivity index (χ0v) is 10.5. The van der Waals surface area contributed by atoms with Crippen LogP contribution in [0.1, 0.15) is 5.56 Å². The summed E-state index contributed by atoms with van der Waals surface area (Å²) in [7, 11) is 1.63. The molecule has 0 atom stereocenters. The molecule has 0 saturated heterocycles. The SMILES string of the molecule is CNCc1cc(F)c(Oc2cccc(F)c2F)c(F)c1. The fourth-order valence-corrected chi connectivity index (χ4v) is 1.69. The summed E-state index contributed by atoms with van der Waals surface area (Å²) in [6.07, 6.45) is 0. The van der Waals surface area contributed by atoms with Gasteiger partial charge < -0.3 is 10.1 Å². The quantitative estimate of drug-likeness (QED) is 0.864. The molecule has 0 aliphatic carbocycles. The molecule has 0 saturated carbocycles. The fourth-order valence-electron chi connectivity index (χ4n) is 1.69. The molecule has 1 N–H and O–H groups in total.